The van der Waals surface area contributed by atoms with Crippen LogP contribution < -0.4 is 5.32 Å². The highest BCUT2D eigenvalue weighted by Crippen LogP contribution is 2.23. The molecule has 0 aromatic heterocycles. The van der Waals surface area contributed by atoms with E-state index in [-0.39, 0.29) is 6.54 Å². The van der Waals surface area contributed by atoms with E-state index in [1.54, 1.807) is 4.90 Å². The molecule has 2 N–H and O–H groups in total. The van der Waals surface area contributed by atoms with E-state index in [9.17, 15) is 13.2 Å². The van der Waals surface area contributed by atoms with Crippen molar-refractivity contribution >= 4 is 0 Å². The van der Waals surface area contributed by atoms with Crippen LogP contribution in [-0.4, -0.2) is 55.5 Å². The highest BCUT2D eigenvalue weighted by atomic mass is 19.4. The predicted molar refractivity (Wildman–Crippen MR) is 50.5 cm³/mol. The van der Waals surface area contributed by atoms with Crippen LogP contribution in [0.3, 0.4) is 0 Å². The summed E-state index contributed by atoms with van der Waals surface area (Å²) in [6.07, 6.45) is -5.82. The fourth-order valence-electron chi connectivity index (χ4n) is 1.88. The molecule has 3 nitrogen and oxygen atoms in total. The third-order valence-corrected chi connectivity index (χ3v) is 2.67. The first-order valence-corrected chi connectivity index (χ1v) is 5.05. The number of β-amino-alcohol motifs (C(OH)–C–C–N with tert-alkyl or cyclic N) is 1. The highest BCUT2D eigenvalue weighted by Gasteiger charge is 2.40. The van der Waals surface area contributed by atoms with Crippen LogP contribution in [0.5, 0.6) is 0 Å². The molecule has 0 aromatic carbocycles. The summed E-state index contributed by atoms with van der Waals surface area (Å²) < 4.78 is 36.2. The van der Waals surface area contributed by atoms with Crippen LogP contribution in [0.1, 0.15) is 6.42 Å². The number of rotatable bonds is 4. The Bertz CT molecular complexity index is 198. The van der Waals surface area contributed by atoms with Gasteiger partial charge in [0.05, 0.1) is 0 Å². The second-order valence-electron chi connectivity index (χ2n) is 4.03. The van der Waals surface area contributed by atoms with Crippen molar-refractivity contribution < 1.29 is 18.3 Å². The zero-order valence-corrected chi connectivity index (χ0v) is 8.72. The Labute approximate surface area is 87.3 Å². The van der Waals surface area contributed by atoms with Gasteiger partial charge in [-0.15, -0.1) is 0 Å². The molecule has 1 saturated heterocycles. The Morgan fingerprint density at radius 3 is 2.73 bits per heavy atom. The fraction of sp³-hybridized carbons (Fsp3) is 1.00. The largest absolute Gasteiger partial charge is 0.415 e. The summed E-state index contributed by atoms with van der Waals surface area (Å²) in [4.78, 5) is 1.67. The van der Waals surface area contributed by atoms with E-state index in [0.29, 0.717) is 19.0 Å². The van der Waals surface area contributed by atoms with Crippen LogP contribution >= 0.6 is 0 Å². The molecule has 1 aliphatic heterocycles. The van der Waals surface area contributed by atoms with Crippen molar-refractivity contribution in [1.29, 1.82) is 0 Å². The van der Waals surface area contributed by atoms with Gasteiger partial charge in [-0.25, -0.2) is 0 Å². The Kier molecular flexibility index (Phi) is 4.36. The lowest BCUT2D eigenvalue weighted by molar-refractivity contribution is -0.207. The maximum absolute atomic E-state index is 12.1. The number of aliphatic hydroxyl groups excluding tert-OH is 1. The number of likely N-dealkylation sites (tertiary alicyclic amines) is 1. The minimum absolute atomic E-state index is 0.302. The maximum atomic E-state index is 12.1. The highest BCUT2D eigenvalue weighted by molar-refractivity contribution is 4.80. The molecule has 0 aromatic rings. The van der Waals surface area contributed by atoms with Gasteiger partial charge in [0.15, 0.2) is 6.10 Å². The molecule has 0 aliphatic carbocycles. The zero-order chi connectivity index (χ0) is 11.5. The summed E-state index contributed by atoms with van der Waals surface area (Å²) in [5, 5.41) is 11.9. The molecule has 90 valence electrons. The van der Waals surface area contributed by atoms with Gasteiger partial charge in [-0.05, 0) is 32.5 Å². The summed E-state index contributed by atoms with van der Waals surface area (Å²) in [5.41, 5.74) is 0. The Balaban J connectivity index is 2.30. The molecule has 1 rings (SSSR count). The van der Waals surface area contributed by atoms with Crippen molar-refractivity contribution in [2.75, 3.05) is 33.2 Å². The number of halogens is 3. The van der Waals surface area contributed by atoms with E-state index in [0.717, 1.165) is 13.0 Å². The average Bonchev–Trinajstić information content (AvgIpc) is 2.51. The first-order chi connectivity index (χ1) is 6.93. The second kappa shape index (κ2) is 5.14. The molecule has 0 saturated carbocycles. The first-order valence-electron chi connectivity index (χ1n) is 5.05. The molecule has 1 fully saturated rings. The predicted octanol–water partition coefficient (Wildman–Crippen LogP) is 0.451. The van der Waals surface area contributed by atoms with E-state index in [2.05, 4.69) is 5.32 Å². The third-order valence-electron chi connectivity index (χ3n) is 2.67. The minimum atomic E-state index is -4.50. The summed E-state index contributed by atoms with van der Waals surface area (Å²) in [6, 6.07) is 0. The van der Waals surface area contributed by atoms with Gasteiger partial charge in [-0.1, -0.05) is 0 Å². The smallest absolute Gasteiger partial charge is 0.382 e. The van der Waals surface area contributed by atoms with Crippen LogP contribution in [0.15, 0.2) is 0 Å². The summed E-state index contributed by atoms with van der Waals surface area (Å²) in [6.45, 7) is 1.79. The van der Waals surface area contributed by atoms with Gasteiger partial charge in [0.2, 0.25) is 0 Å². The molecule has 2 atom stereocenters. The second-order valence-corrected chi connectivity index (χ2v) is 4.03. The molecule has 15 heavy (non-hydrogen) atoms. The Morgan fingerprint density at radius 2 is 2.20 bits per heavy atom. The summed E-state index contributed by atoms with van der Waals surface area (Å²) >= 11 is 0. The van der Waals surface area contributed by atoms with E-state index in [4.69, 9.17) is 5.11 Å². The molecule has 0 bridgehead atoms. The van der Waals surface area contributed by atoms with Crippen LogP contribution in [0, 0.1) is 5.92 Å². The van der Waals surface area contributed by atoms with Gasteiger partial charge < -0.3 is 15.3 Å². The van der Waals surface area contributed by atoms with Crippen LogP contribution in [-0.2, 0) is 0 Å². The number of alkyl halides is 3. The molecule has 0 amide bonds. The topological polar surface area (TPSA) is 35.5 Å². The first kappa shape index (κ1) is 12.7. The third kappa shape index (κ3) is 3.96. The van der Waals surface area contributed by atoms with E-state index in [1.807, 2.05) is 7.05 Å². The Morgan fingerprint density at radius 1 is 1.53 bits per heavy atom. The van der Waals surface area contributed by atoms with Crippen molar-refractivity contribution in [3.05, 3.63) is 0 Å². The SMILES string of the molecule is CNCC1CCN(CC(O)C(F)(F)F)C1. The molecule has 2 unspecified atom stereocenters. The molecule has 1 heterocycles. The number of hydrogen-bond acceptors (Lipinski definition) is 3. The summed E-state index contributed by atoms with van der Waals surface area (Å²) in [5.74, 6) is 0.399. The zero-order valence-electron chi connectivity index (χ0n) is 8.72. The van der Waals surface area contributed by atoms with Crippen molar-refractivity contribution in [2.24, 2.45) is 5.92 Å². The van der Waals surface area contributed by atoms with Gasteiger partial charge in [0, 0.05) is 13.1 Å². The number of nitrogens with zero attached hydrogens (tertiary/aromatic N) is 1. The molecule has 0 spiro atoms. The minimum Gasteiger partial charge on any atom is -0.382 e. The van der Waals surface area contributed by atoms with Crippen molar-refractivity contribution in [2.45, 2.75) is 18.7 Å². The van der Waals surface area contributed by atoms with Crippen molar-refractivity contribution in [1.82, 2.24) is 10.2 Å². The van der Waals surface area contributed by atoms with Crippen molar-refractivity contribution in [3.8, 4) is 0 Å². The molecular formula is C9H17F3N2O. The molecule has 0 radical (unpaired) electrons. The molecule has 1 aliphatic rings. The number of aliphatic hydroxyl groups is 1. The van der Waals surface area contributed by atoms with E-state index < -0.39 is 12.3 Å². The standard InChI is InChI=1S/C9H17F3N2O/c1-13-4-7-2-3-14(5-7)6-8(15)9(10,11)12/h7-8,13,15H,2-6H2,1H3. The van der Waals surface area contributed by atoms with Gasteiger partial charge in [0.25, 0.3) is 0 Å². The number of hydrogen-bond donors (Lipinski definition) is 2. The van der Waals surface area contributed by atoms with Gasteiger partial charge in [-0.3, -0.25) is 0 Å². The number of nitrogens with one attached hydrogen (secondary N) is 1. The maximum Gasteiger partial charge on any atom is 0.415 e. The lowest BCUT2D eigenvalue weighted by Gasteiger charge is -2.21. The lowest BCUT2D eigenvalue weighted by atomic mass is 10.1. The van der Waals surface area contributed by atoms with Gasteiger partial charge >= 0.3 is 6.18 Å². The summed E-state index contributed by atoms with van der Waals surface area (Å²) in [7, 11) is 1.83. The van der Waals surface area contributed by atoms with E-state index >= 15 is 0 Å². The molecular weight excluding hydrogens is 209 g/mol. The molecule has 6 heteroatoms. The van der Waals surface area contributed by atoms with Crippen molar-refractivity contribution in [3.63, 3.8) is 0 Å². The van der Waals surface area contributed by atoms with Crippen LogP contribution in [0.2, 0.25) is 0 Å². The Hall–Kier alpha value is -0.330. The quantitative estimate of drug-likeness (QED) is 0.730. The fourth-order valence-corrected chi connectivity index (χ4v) is 1.88. The van der Waals surface area contributed by atoms with Crippen LogP contribution in [0.4, 0.5) is 13.2 Å². The van der Waals surface area contributed by atoms with Crippen LogP contribution in [0.25, 0.3) is 0 Å². The average molecular weight is 226 g/mol. The van der Waals surface area contributed by atoms with Gasteiger partial charge in [0.1, 0.15) is 0 Å². The van der Waals surface area contributed by atoms with Gasteiger partial charge in [-0.2, -0.15) is 13.2 Å². The normalized spacial score (nSPS) is 25.8. The lowest BCUT2D eigenvalue weighted by Crippen LogP contribution is -2.40. The van der Waals surface area contributed by atoms with E-state index in [1.165, 1.54) is 0 Å². The monoisotopic (exact) mass is 226 g/mol.